The molecule has 24 heavy (non-hydrogen) atoms. The molecule has 1 rings (SSSR count). The van der Waals surface area contributed by atoms with Gasteiger partial charge in [-0.15, -0.1) is 11.8 Å². The second-order valence-electron chi connectivity index (χ2n) is 6.53. The molecule has 3 atom stereocenters. The lowest BCUT2D eigenvalue weighted by Gasteiger charge is -2.12. The van der Waals surface area contributed by atoms with Crippen molar-refractivity contribution in [1.82, 2.24) is 0 Å². The van der Waals surface area contributed by atoms with Crippen molar-refractivity contribution < 1.29 is 19.8 Å². The van der Waals surface area contributed by atoms with E-state index in [1.807, 2.05) is 12.2 Å². The molecule has 134 valence electrons. The molecule has 0 saturated heterocycles. The van der Waals surface area contributed by atoms with Crippen LogP contribution in [0.15, 0.2) is 12.2 Å². The van der Waals surface area contributed by atoms with Crippen LogP contribution in [0, 0.1) is 23.7 Å². The van der Waals surface area contributed by atoms with Crippen LogP contribution in [0.25, 0.3) is 0 Å². The van der Waals surface area contributed by atoms with Gasteiger partial charge >= 0.3 is 5.97 Å². The summed E-state index contributed by atoms with van der Waals surface area (Å²) in [5.74, 6) is 5.78. The maximum absolute atomic E-state index is 12.0. The number of carbonyl (C=O) groups excluding carboxylic acids is 1. The number of aliphatic carboxylic acids is 1. The molecule has 0 heterocycles. The summed E-state index contributed by atoms with van der Waals surface area (Å²) in [6.07, 6.45) is 10.6. The highest BCUT2D eigenvalue weighted by Crippen LogP contribution is 2.32. The van der Waals surface area contributed by atoms with Crippen molar-refractivity contribution in [3.8, 4) is 11.8 Å². The second kappa shape index (κ2) is 11.9. The van der Waals surface area contributed by atoms with Gasteiger partial charge in [-0.3, -0.25) is 9.59 Å². The number of carbonyl (C=O) groups is 2. The SMILES string of the molecule is CCCCC(O)C=C[C@@H]1CCC(=O)[C@H]1CC#CCCCCC(=O)O. The lowest BCUT2D eigenvalue weighted by atomic mass is 9.91. The molecule has 0 amide bonds. The first-order valence-electron chi connectivity index (χ1n) is 9.11. The predicted molar refractivity (Wildman–Crippen MR) is 94.4 cm³/mol. The largest absolute Gasteiger partial charge is 0.481 e. The quantitative estimate of drug-likeness (QED) is 0.363. The van der Waals surface area contributed by atoms with Crippen LogP contribution in [0.5, 0.6) is 0 Å². The molecule has 0 spiro atoms. The molecule has 0 aromatic carbocycles. The number of hydrogen-bond acceptors (Lipinski definition) is 3. The zero-order valence-electron chi connectivity index (χ0n) is 14.7. The third-order valence-corrected chi connectivity index (χ3v) is 4.48. The lowest BCUT2D eigenvalue weighted by Crippen LogP contribution is -2.13. The molecule has 1 aliphatic rings. The first-order chi connectivity index (χ1) is 11.5. The molecule has 1 saturated carbocycles. The van der Waals surface area contributed by atoms with Gasteiger partial charge in [0.2, 0.25) is 0 Å². The Hall–Kier alpha value is -1.60. The van der Waals surface area contributed by atoms with Crippen LogP contribution in [0.1, 0.15) is 71.1 Å². The Labute approximate surface area is 145 Å². The summed E-state index contributed by atoms with van der Waals surface area (Å²) in [7, 11) is 0. The molecule has 4 nitrogen and oxygen atoms in total. The van der Waals surface area contributed by atoms with Gasteiger partial charge in [-0.2, -0.15) is 0 Å². The van der Waals surface area contributed by atoms with Gasteiger partial charge in [-0.1, -0.05) is 31.9 Å². The number of carboxylic acid groups (broad SMARTS) is 1. The fourth-order valence-electron chi connectivity index (χ4n) is 2.97. The summed E-state index contributed by atoms with van der Waals surface area (Å²) >= 11 is 0. The number of unbranched alkanes of at least 4 members (excludes halogenated alkanes) is 3. The van der Waals surface area contributed by atoms with E-state index in [-0.39, 0.29) is 24.0 Å². The molecular weight excluding hydrogens is 304 g/mol. The van der Waals surface area contributed by atoms with Crippen molar-refractivity contribution in [2.24, 2.45) is 11.8 Å². The van der Waals surface area contributed by atoms with Gasteiger partial charge in [-0.05, 0) is 31.6 Å². The Morgan fingerprint density at radius 1 is 1.33 bits per heavy atom. The highest BCUT2D eigenvalue weighted by Gasteiger charge is 2.32. The van der Waals surface area contributed by atoms with E-state index >= 15 is 0 Å². The summed E-state index contributed by atoms with van der Waals surface area (Å²) in [4.78, 5) is 22.4. The standard InChI is InChI=1S/C20H30O4/c1-2-3-9-17(21)14-12-16-13-15-19(22)18(16)10-7-5-4-6-8-11-20(23)24/h12,14,16-18,21H,2-4,6,8-11,13,15H2,1H3,(H,23,24)/t16-,17?,18+/m1/s1. The van der Waals surface area contributed by atoms with E-state index in [1.54, 1.807) is 0 Å². The number of allylic oxidation sites excluding steroid dienone is 1. The van der Waals surface area contributed by atoms with E-state index in [0.717, 1.165) is 32.1 Å². The summed E-state index contributed by atoms with van der Waals surface area (Å²) in [5.41, 5.74) is 0. The summed E-state index contributed by atoms with van der Waals surface area (Å²) in [6, 6.07) is 0. The molecule has 0 aromatic heterocycles. The molecular formula is C20H30O4. The van der Waals surface area contributed by atoms with Crippen LogP contribution < -0.4 is 0 Å². The van der Waals surface area contributed by atoms with Crippen molar-refractivity contribution >= 4 is 11.8 Å². The Morgan fingerprint density at radius 2 is 2.12 bits per heavy atom. The van der Waals surface area contributed by atoms with Crippen LogP contribution in [0.4, 0.5) is 0 Å². The van der Waals surface area contributed by atoms with Crippen LogP contribution >= 0.6 is 0 Å². The molecule has 4 heteroatoms. The highest BCUT2D eigenvalue weighted by atomic mass is 16.4. The molecule has 0 aliphatic heterocycles. The minimum Gasteiger partial charge on any atom is -0.481 e. The number of Topliss-reactive ketones (excluding diaryl/α,β-unsaturated/α-hetero) is 1. The van der Waals surface area contributed by atoms with Gasteiger partial charge in [0, 0.05) is 31.6 Å². The van der Waals surface area contributed by atoms with Gasteiger partial charge in [0.05, 0.1) is 6.10 Å². The van der Waals surface area contributed by atoms with E-state index in [2.05, 4.69) is 18.8 Å². The zero-order valence-corrected chi connectivity index (χ0v) is 14.7. The van der Waals surface area contributed by atoms with Gasteiger partial charge in [-0.25, -0.2) is 0 Å². The molecule has 0 bridgehead atoms. The number of ketones is 1. The van der Waals surface area contributed by atoms with Gasteiger partial charge in [0.25, 0.3) is 0 Å². The second-order valence-corrected chi connectivity index (χ2v) is 6.53. The summed E-state index contributed by atoms with van der Waals surface area (Å²) < 4.78 is 0. The van der Waals surface area contributed by atoms with E-state index in [9.17, 15) is 14.7 Å². The van der Waals surface area contributed by atoms with Crippen LogP contribution in [-0.2, 0) is 9.59 Å². The van der Waals surface area contributed by atoms with Gasteiger partial charge < -0.3 is 10.2 Å². The van der Waals surface area contributed by atoms with Crippen molar-refractivity contribution in [3.63, 3.8) is 0 Å². The third kappa shape index (κ3) is 8.31. The molecule has 1 fully saturated rings. The monoisotopic (exact) mass is 334 g/mol. The molecule has 1 aliphatic carbocycles. The summed E-state index contributed by atoms with van der Waals surface area (Å²) in [6.45, 7) is 2.10. The zero-order chi connectivity index (χ0) is 17.8. The molecule has 0 radical (unpaired) electrons. The van der Waals surface area contributed by atoms with Crippen molar-refractivity contribution in [1.29, 1.82) is 0 Å². The Kier molecular flexibility index (Phi) is 10.1. The maximum atomic E-state index is 12.0. The van der Waals surface area contributed by atoms with Crippen LogP contribution in [0.2, 0.25) is 0 Å². The maximum Gasteiger partial charge on any atom is 0.303 e. The third-order valence-electron chi connectivity index (χ3n) is 4.48. The predicted octanol–water partition coefficient (Wildman–Crippen LogP) is 3.73. The highest BCUT2D eigenvalue weighted by molar-refractivity contribution is 5.84. The average Bonchev–Trinajstić information content (AvgIpc) is 2.90. The lowest BCUT2D eigenvalue weighted by molar-refractivity contribution is -0.137. The van der Waals surface area contributed by atoms with E-state index in [0.29, 0.717) is 25.7 Å². The molecule has 0 aromatic rings. The molecule has 1 unspecified atom stereocenters. The fourth-order valence-corrected chi connectivity index (χ4v) is 2.97. The number of carboxylic acids is 1. The first-order valence-corrected chi connectivity index (χ1v) is 9.11. The fraction of sp³-hybridized carbons (Fsp3) is 0.700. The minimum absolute atomic E-state index is 0.0499. The van der Waals surface area contributed by atoms with Crippen LogP contribution in [0.3, 0.4) is 0 Å². The van der Waals surface area contributed by atoms with Crippen LogP contribution in [-0.4, -0.2) is 28.1 Å². The van der Waals surface area contributed by atoms with Gasteiger partial charge in [0.1, 0.15) is 5.78 Å². The number of hydrogen-bond donors (Lipinski definition) is 2. The molecule has 2 N–H and O–H groups in total. The van der Waals surface area contributed by atoms with Crippen molar-refractivity contribution in [3.05, 3.63) is 12.2 Å². The first kappa shape index (κ1) is 20.4. The minimum atomic E-state index is -0.768. The normalized spacial score (nSPS) is 21.7. The van der Waals surface area contributed by atoms with Crippen molar-refractivity contribution in [2.45, 2.75) is 77.2 Å². The Balaban J connectivity index is 2.37. The van der Waals surface area contributed by atoms with E-state index < -0.39 is 12.1 Å². The van der Waals surface area contributed by atoms with E-state index in [4.69, 9.17) is 5.11 Å². The number of rotatable bonds is 10. The Morgan fingerprint density at radius 3 is 2.83 bits per heavy atom. The Bertz CT molecular complexity index is 484. The number of aliphatic hydroxyl groups excluding tert-OH is 1. The summed E-state index contributed by atoms with van der Waals surface area (Å²) in [5, 5.41) is 18.4. The van der Waals surface area contributed by atoms with E-state index in [1.165, 1.54) is 0 Å². The van der Waals surface area contributed by atoms with Crippen molar-refractivity contribution in [2.75, 3.05) is 0 Å². The smallest absolute Gasteiger partial charge is 0.303 e. The average molecular weight is 334 g/mol. The topological polar surface area (TPSA) is 74.6 Å². The number of aliphatic hydroxyl groups is 1. The van der Waals surface area contributed by atoms with Gasteiger partial charge in [0.15, 0.2) is 0 Å².